The van der Waals surface area contributed by atoms with Crippen molar-refractivity contribution >= 4 is 29.0 Å². The number of benzene rings is 1. The number of fused-ring (bicyclic) bond motifs is 1. The normalized spacial score (nSPS) is 18.0. The van der Waals surface area contributed by atoms with E-state index in [0.29, 0.717) is 44.1 Å². The molecule has 0 saturated carbocycles. The molecule has 2 aliphatic heterocycles. The summed E-state index contributed by atoms with van der Waals surface area (Å²) in [4.78, 5) is 39.6. The lowest BCUT2D eigenvalue weighted by atomic mass is 10.0. The van der Waals surface area contributed by atoms with Gasteiger partial charge in [0.2, 0.25) is 11.8 Å². The lowest BCUT2D eigenvalue weighted by Gasteiger charge is -2.37. The molecule has 1 atom stereocenters. The van der Waals surface area contributed by atoms with Gasteiger partial charge in [-0.3, -0.25) is 14.5 Å². The van der Waals surface area contributed by atoms with E-state index in [1.807, 2.05) is 34.9 Å². The smallest absolute Gasteiger partial charge is 0.370 e. The van der Waals surface area contributed by atoms with E-state index >= 15 is 0 Å². The number of pyridine rings is 1. The molecular weight excluding hydrogens is 604 g/mol. The van der Waals surface area contributed by atoms with Crippen LogP contribution >= 0.6 is 0 Å². The Kier molecular flexibility index (Phi) is 11.2. The van der Waals surface area contributed by atoms with Crippen LogP contribution in [0.1, 0.15) is 29.7 Å². The minimum absolute atomic E-state index is 0.0000185. The number of alkyl halides is 3. The fraction of sp³-hybridized carbons (Fsp3) is 0.500. The van der Waals surface area contributed by atoms with Crippen molar-refractivity contribution in [3.63, 3.8) is 0 Å². The number of nitrogens with zero attached hydrogens (tertiary/aromatic N) is 7. The standard InChI is InChI=1S/C32H40F4N8O2/c1-22-19-25(32(34,35)36)24(21-37)30(38-22)39-26-10-14-43(28-20-23(33)8-9-27(28)41(4)31(26)46)13-6-12-42-15-17-44(18-16-42)29(45)7-5-11-40(2)3/h5,7-9,19-20,26H,6,10-18H2,1-4H3,(H,38,39)/b7-5+/t26-/m0/s1. The van der Waals surface area contributed by atoms with Gasteiger partial charge in [-0.25, -0.2) is 9.37 Å². The zero-order chi connectivity index (χ0) is 33.6. The van der Waals surface area contributed by atoms with Crippen LogP contribution in [0, 0.1) is 24.1 Å². The molecule has 3 heterocycles. The third-order valence-electron chi connectivity index (χ3n) is 8.15. The second kappa shape index (κ2) is 14.9. The first-order valence-corrected chi connectivity index (χ1v) is 15.2. The van der Waals surface area contributed by atoms with Crippen molar-refractivity contribution in [1.82, 2.24) is 19.7 Å². The lowest BCUT2D eigenvalue weighted by Crippen LogP contribution is -2.49. The van der Waals surface area contributed by atoms with Crippen molar-refractivity contribution in [2.24, 2.45) is 0 Å². The zero-order valence-electron chi connectivity index (χ0n) is 26.6. The van der Waals surface area contributed by atoms with Crippen LogP contribution in [0.5, 0.6) is 0 Å². The first-order valence-electron chi connectivity index (χ1n) is 15.2. The summed E-state index contributed by atoms with van der Waals surface area (Å²) < 4.78 is 55.6. The number of aromatic nitrogens is 1. The van der Waals surface area contributed by atoms with Gasteiger partial charge >= 0.3 is 6.18 Å². The Balaban J connectivity index is 1.46. The fourth-order valence-electron chi connectivity index (χ4n) is 5.71. The van der Waals surface area contributed by atoms with Crippen LogP contribution in [0.3, 0.4) is 0 Å². The highest BCUT2D eigenvalue weighted by Gasteiger charge is 2.37. The second-order valence-corrected chi connectivity index (χ2v) is 11.8. The number of halogens is 4. The number of likely N-dealkylation sites (N-methyl/N-ethyl adjacent to an activating group) is 2. The molecule has 0 spiro atoms. The van der Waals surface area contributed by atoms with Crippen LogP contribution in [-0.2, 0) is 15.8 Å². The Morgan fingerprint density at radius 3 is 2.50 bits per heavy atom. The molecule has 46 heavy (non-hydrogen) atoms. The van der Waals surface area contributed by atoms with Gasteiger partial charge in [-0.1, -0.05) is 6.08 Å². The van der Waals surface area contributed by atoms with Gasteiger partial charge in [-0.15, -0.1) is 0 Å². The quantitative estimate of drug-likeness (QED) is 0.326. The number of amides is 2. The third-order valence-corrected chi connectivity index (χ3v) is 8.15. The largest absolute Gasteiger partial charge is 0.417 e. The van der Waals surface area contributed by atoms with E-state index in [2.05, 4.69) is 15.2 Å². The van der Waals surface area contributed by atoms with Crippen molar-refractivity contribution in [2.45, 2.75) is 32.0 Å². The van der Waals surface area contributed by atoms with Crippen molar-refractivity contribution in [3.05, 3.63) is 59.1 Å². The molecule has 2 amide bonds. The van der Waals surface area contributed by atoms with Crippen LogP contribution < -0.4 is 15.1 Å². The molecule has 2 aromatic rings. The molecule has 1 saturated heterocycles. The van der Waals surface area contributed by atoms with E-state index in [0.717, 1.165) is 32.1 Å². The van der Waals surface area contributed by atoms with Gasteiger partial charge < -0.3 is 24.9 Å². The Morgan fingerprint density at radius 2 is 1.85 bits per heavy atom. The van der Waals surface area contributed by atoms with E-state index in [4.69, 9.17) is 0 Å². The van der Waals surface area contributed by atoms with E-state index in [1.165, 1.54) is 37.1 Å². The summed E-state index contributed by atoms with van der Waals surface area (Å²) in [5, 5.41) is 12.4. The Hall–Kier alpha value is -4.22. The highest BCUT2D eigenvalue weighted by atomic mass is 19.4. The minimum Gasteiger partial charge on any atom is -0.370 e. The topological polar surface area (TPSA) is 99.0 Å². The first-order chi connectivity index (χ1) is 21.8. The number of carbonyl (C=O) groups is 2. The van der Waals surface area contributed by atoms with E-state index in [-0.39, 0.29) is 23.8 Å². The number of hydrogen-bond acceptors (Lipinski definition) is 8. The highest BCUT2D eigenvalue weighted by molar-refractivity contribution is 6.01. The van der Waals surface area contributed by atoms with Crippen LogP contribution in [0.15, 0.2) is 36.4 Å². The summed E-state index contributed by atoms with van der Waals surface area (Å²) in [6, 6.07) is 5.56. The molecule has 1 fully saturated rings. The van der Waals surface area contributed by atoms with Crippen LogP contribution in [0.25, 0.3) is 0 Å². The SMILES string of the molecule is Cc1cc(C(F)(F)F)c(C#N)c(N[C@H]2CCN(CCCN3CCN(C(=O)/C=C/CN(C)C)CC3)c3cc(F)ccc3N(C)C2=O)n1. The predicted molar refractivity (Wildman–Crippen MR) is 168 cm³/mol. The van der Waals surface area contributed by atoms with Crippen LogP contribution in [-0.4, -0.2) is 111 Å². The molecule has 4 rings (SSSR count). The van der Waals surface area contributed by atoms with Gasteiger partial charge in [0.05, 0.1) is 16.9 Å². The van der Waals surface area contributed by atoms with Crippen molar-refractivity contribution in [1.29, 1.82) is 5.26 Å². The molecule has 1 aromatic carbocycles. The summed E-state index contributed by atoms with van der Waals surface area (Å²) in [6.45, 7) is 6.36. The van der Waals surface area contributed by atoms with Gasteiger partial charge in [-0.2, -0.15) is 18.4 Å². The second-order valence-electron chi connectivity index (χ2n) is 11.8. The Labute approximate surface area is 266 Å². The van der Waals surface area contributed by atoms with E-state index in [1.54, 1.807) is 12.1 Å². The monoisotopic (exact) mass is 644 g/mol. The lowest BCUT2D eigenvalue weighted by molar-refractivity contribution is -0.137. The molecular formula is C32H40F4N8O2. The molecule has 10 nitrogen and oxygen atoms in total. The molecule has 14 heteroatoms. The molecule has 248 valence electrons. The molecule has 0 unspecified atom stereocenters. The predicted octanol–water partition coefficient (Wildman–Crippen LogP) is 3.73. The van der Waals surface area contributed by atoms with Gasteiger partial charge in [0.1, 0.15) is 29.3 Å². The summed E-state index contributed by atoms with van der Waals surface area (Å²) in [6.07, 6.45) is -0.423. The number of nitrogens with one attached hydrogen (secondary N) is 1. The van der Waals surface area contributed by atoms with Gasteiger partial charge in [-0.05, 0) is 64.7 Å². The van der Waals surface area contributed by atoms with Crippen molar-refractivity contribution < 1.29 is 27.2 Å². The first kappa shape index (κ1) is 34.6. The van der Waals surface area contributed by atoms with Crippen LogP contribution in [0.2, 0.25) is 0 Å². The van der Waals surface area contributed by atoms with Crippen molar-refractivity contribution in [2.75, 3.05) is 88.6 Å². The average Bonchev–Trinajstić information content (AvgIpc) is 3.00. The number of piperazine rings is 1. The van der Waals surface area contributed by atoms with Crippen molar-refractivity contribution in [3.8, 4) is 6.07 Å². The maximum Gasteiger partial charge on any atom is 0.417 e. The van der Waals surface area contributed by atoms with Gasteiger partial charge in [0.25, 0.3) is 0 Å². The van der Waals surface area contributed by atoms with Gasteiger partial charge in [0, 0.05) is 64.6 Å². The van der Waals surface area contributed by atoms with Gasteiger partial charge in [0.15, 0.2) is 0 Å². The summed E-state index contributed by atoms with van der Waals surface area (Å²) in [5.41, 5.74) is -0.749. The molecule has 1 aromatic heterocycles. The summed E-state index contributed by atoms with van der Waals surface area (Å²) in [7, 11) is 5.41. The summed E-state index contributed by atoms with van der Waals surface area (Å²) >= 11 is 0. The Bertz CT molecular complexity index is 1480. The summed E-state index contributed by atoms with van der Waals surface area (Å²) in [5.74, 6) is -1.21. The van der Waals surface area contributed by atoms with E-state index in [9.17, 15) is 32.4 Å². The maximum absolute atomic E-state index is 14.5. The number of anilines is 3. The van der Waals surface area contributed by atoms with Crippen LogP contribution in [0.4, 0.5) is 34.8 Å². The highest BCUT2D eigenvalue weighted by Crippen LogP contribution is 2.36. The molecule has 2 aliphatic rings. The zero-order valence-corrected chi connectivity index (χ0v) is 26.6. The molecule has 0 radical (unpaired) electrons. The van der Waals surface area contributed by atoms with E-state index < -0.39 is 35.1 Å². The maximum atomic E-state index is 14.5. The number of nitriles is 1. The molecule has 0 bridgehead atoms. The fourth-order valence-corrected chi connectivity index (χ4v) is 5.71. The third kappa shape index (κ3) is 8.52. The molecule has 0 aliphatic carbocycles. The molecule has 1 N–H and O–H groups in total. The number of carbonyl (C=O) groups excluding carboxylic acids is 2. The number of aryl methyl sites for hydroxylation is 1. The number of rotatable bonds is 9. The number of hydrogen-bond donors (Lipinski definition) is 1. The average molecular weight is 645 g/mol. The minimum atomic E-state index is -4.78. The Morgan fingerprint density at radius 1 is 1.13 bits per heavy atom.